The van der Waals surface area contributed by atoms with E-state index in [2.05, 4.69) is 6.92 Å². The van der Waals surface area contributed by atoms with Crippen molar-refractivity contribution in [2.45, 2.75) is 274 Å². The maximum absolute atomic E-state index is 16.0. The highest BCUT2D eigenvalue weighted by atomic mass is 32.2. The minimum absolute atomic E-state index is 0.00105. The number of rotatable bonds is 27. The quantitative estimate of drug-likeness (QED) is 0.0215. The zero-order valence-electron chi connectivity index (χ0n) is 55.7. The van der Waals surface area contributed by atoms with Gasteiger partial charge in [0.25, 0.3) is 0 Å². The van der Waals surface area contributed by atoms with Crippen molar-refractivity contribution < 1.29 is 58.9 Å². The number of hydrogen-bond donors (Lipinski definition) is 5. The fraction of sp³-hybridized carbons (Fsp3) is 0.611. The molecule has 0 aliphatic heterocycles. The maximum Gasteiger partial charge on any atom is 0.317 e. The standard InChI is InChI=1S/C72H106O12S/c1-22-23-24-25-27-30-49(37-58(73)74)85-40-57(61-43(4)35-54(71(16,17)18)66(79)47(61)8)84-68(81)63(62-44(5)36-55(72(19,20)21)67(80)48(62)9)56(83-60(76)39-51-42(3)34-53(70(13,14)15)65(78)46(51)7)31-28-26-29-32-82-59(75)38-50-41(2)33-52(69(10,11)12)64(77)45(50)6/h33-36,49,56-57,63,77-80H,22-32,37-40H2,1-21H3,(H,73,74). The molecule has 0 radical (unpaired) electrons. The molecule has 5 N–H and O–H groups in total. The van der Waals surface area contributed by atoms with Crippen molar-refractivity contribution in [3.8, 4) is 23.0 Å². The number of aryl methyl sites for hydroxylation is 4. The number of aromatic hydroxyl groups is 4. The summed E-state index contributed by atoms with van der Waals surface area (Å²) in [5, 5.41) is 56.6. The SMILES string of the molecule is CCCCCCCC(CC(=O)O)SCC(OC(=O)C(c1c(C)cc(C(C)(C)C)c(O)c1C)C(CCCCCOC(=O)Cc1c(C)cc(C(C)(C)C)c(O)c1C)OC(=O)Cc1c(C)cc(C(C)(C)C)c(O)c1C)c1c(C)cc(C(C)(C)C)c(O)c1C. The van der Waals surface area contributed by atoms with Crippen LogP contribution in [0.25, 0.3) is 0 Å². The fourth-order valence-electron chi connectivity index (χ4n) is 11.9. The van der Waals surface area contributed by atoms with Crippen molar-refractivity contribution in [3.63, 3.8) is 0 Å². The van der Waals surface area contributed by atoms with Gasteiger partial charge in [-0.05, 0) is 193 Å². The lowest BCUT2D eigenvalue weighted by Crippen LogP contribution is -2.35. The van der Waals surface area contributed by atoms with Crippen LogP contribution in [0.1, 0.15) is 262 Å². The van der Waals surface area contributed by atoms with E-state index in [0.29, 0.717) is 75.8 Å². The molecule has 0 saturated heterocycles. The van der Waals surface area contributed by atoms with E-state index in [1.54, 1.807) is 13.8 Å². The highest BCUT2D eigenvalue weighted by Crippen LogP contribution is 2.46. The monoisotopic (exact) mass is 1190 g/mol. The molecule has 4 atom stereocenters. The van der Waals surface area contributed by atoms with Crippen molar-refractivity contribution in [2.75, 3.05) is 12.4 Å². The average Bonchev–Trinajstić information content (AvgIpc) is 3.53. The second-order valence-electron chi connectivity index (χ2n) is 28.3. The highest BCUT2D eigenvalue weighted by molar-refractivity contribution is 7.99. The Morgan fingerprint density at radius 2 is 0.894 bits per heavy atom. The number of benzene rings is 4. The van der Waals surface area contributed by atoms with Gasteiger partial charge in [-0.3, -0.25) is 19.2 Å². The normalized spacial score (nSPS) is 13.8. The number of unbranched alkanes of at least 4 members (excludes halogenated alkanes) is 6. The highest BCUT2D eigenvalue weighted by Gasteiger charge is 2.41. The van der Waals surface area contributed by atoms with E-state index in [1.807, 2.05) is 149 Å². The summed E-state index contributed by atoms with van der Waals surface area (Å²) in [5.41, 5.74) is 9.00. The number of hydrogen-bond acceptors (Lipinski definition) is 12. The number of thioether (sulfide) groups is 1. The van der Waals surface area contributed by atoms with Crippen LogP contribution in [-0.4, -0.2) is 73.1 Å². The third kappa shape index (κ3) is 18.9. The van der Waals surface area contributed by atoms with Crippen LogP contribution < -0.4 is 0 Å². The van der Waals surface area contributed by atoms with Gasteiger partial charge in [0, 0.05) is 16.6 Å². The molecule has 4 aromatic carbocycles. The molecule has 0 heterocycles. The van der Waals surface area contributed by atoms with Crippen molar-refractivity contribution in [3.05, 3.63) is 113 Å². The molecule has 0 aliphatic carbocycles. The number of carboxylic acids is 1. The van der Waals surface area contributed by atoms with Crippen LogP contribution in [0, 0.1) is 55.4 Å². The molecule has 0 bridgehead atoms. The van der Waals surface area contributed by atoms with Gasteiger partial charge in [-0.25, -0.2) is 0 Å². The number of phenols is 4. The summed E-state index contributed by atoms with van der Waals surface area (Å²) < 4.78 is 19.4. The molecule has 4 rings (SSSR count). The lowest BCUT2D eigenvalue weighted by atomic mass is 9.78. The van der Waals surface area contributed by atoms with E-state index >= 15 is 4.79 Å². The summed E-state index contributed by atoms with van der Waals surface area (Å²) in [6.07, 6.45) is 4.72. The summed E-state index contributed by atoms with van der Waals surface area (Å²) in [5.74, 6) is -3.53. The summed E-state index contributed by atoms with van der Waals surface area (Å²) in [6.45, 7) is 41.2. The van der Waals surface area contributed by atoms with E-state index < -0.39 is 52.8 Å². The van der Waals surface area contributed by atoms with E-state index in [-0.39, 0.29) is 77.1 Å². The van der Waals surface area contributed by atoms with Gasteiger partial charge in [0.05, 0.1) is 25.9 Å². The van der Waals surface area contributed by atoms with Crippen molar-refractivity contribution in [1.82, 2.24) is 0 Å². The lowest BCUT2D eigenvalue weighted by Gasteiger charge is -2.33. The van der Waals surface area contributed by atoms with E-state index in [0.717, 1.165) is 71.0 Å². The topological polar surface area (TPSA) is 197 Å². The Bertz CT molecular complexity index is 3010. The van der Waals surface area contributed by atoms with Crippen molar-refractivity contribution >= 4 is 35.6 Å². The first kappa shape index (κ1) is 71.8. The van der Waals surface area contributed by atoms with Gasteiger partial charge in [-0.15, -0.1) is 0 Å². The van der Waals surface area contributed by atoms with Gasteiger partial charge in [-0.1, -0.05) is 146 Å². The van der Waals surface area contributed by atoms with Crippen molar-refractivity contribution in [2.24, 2.45) is 0 Å². The third-order valence-corrected chi connectivity index (χ3v) is 18.4. The molecule has 85 heavy (non-hydrogen) atoms. The molecule has 4 aromatic rings. The van der Waals surface area contributed by atoms with E-state index in [4.69, 9.17) is 14.2 Å². The lowest BCUT2D eigenvalue weighted by molar-refractivity contribution is -0.160. The number of carbonyl (C=O) groups excluding carboxylic acids is 3. The smallest absolute Gasteiger partial charge is 0.317 e. The van der Waals surface area contributed by atoms with E-state index in [1.165, 1.54) is 11.8 Å². The molecule has 0 spiro atoms. The molecule has 4 unspecified atom stereocenters. The van der Waals surface area contributed by atoms with Gasteiger partial charge >= 0.3 is 23.9 Å². The zero-order chi connectivity index (χ0) is 64.4. The summed E-state index contributed by atoms with van der Waals surface area (Å²) in [6, 6.07) is 7.64. The molecule has 472 valence electrons. The molecule has 0 aliphatic rings. The van der Waals surface area contributed by atoms with Gasteiger partial charge in [0.2, 0.25) is 0 Å². The molecule has 13 heteroatoms. The van der Waals surface area contributed by atoms with Crippen molar-refractivity contribution in [1.29, 1.82) is 0 Å². The second-order valence-corrected chi connectivity index (χ2v) is 29.6. The Kier molecular flexibility index (Phi) is 25.2. The van der Waals surface area contributed by atoms with Gasteiger partial charge in [0.15, 0.2) is 0 Å². The Hall–Kier alpha value is -5.69. The number of carboxylic acid groups (broad SMARTS) is 1. The minimum Gasteiger partial charge on any atom is -0.507 e. The van der Waals surface area contributed by atoms with Crippen LogP contribution in [0.3, 0.4) is 0 Å². The molecule has 0 fully saturated rings. The number of carbonyl (C=O) groups is 4. The zero-order valence-corrected chi connectivity index (χ0v) is 56.5. The number of esters is 3. The minimum atomic E-state index is -1.31. The third-order valence-electron chi connectivity index (χ3n) is 17.0. The van der Waals surface area contributed by atoms with Gasteiger partial charge in [-0.2, -0.15) is 11.8 Å². The number of ether oxygens (including phenoxy) is 3. The Balaban J connectivity index is 1.88. The molecule has 0 saturated carbocycles. The molecular weight excluding hydrogens is 1090 g/mol. The molecule has 0 amide bonds. The number of phenolic OH excluding ortho intramolecular Hbond substituents is 4. The Morgan fingerprint density at radius 3 is 1.35 bits per heavy atom. The summed E-state index contributed by atoms with van der Waals surface area (Å²) in [4.78, 5) is 56.7. The molecule has 12 nitrogen and oxygen atoms in total. The average molecular weight is 1200 g/mol. The predicted octanol–water partition coefficient (Wildman–Crippen LogP) is 17.0. The van der Waals surface area contributed by atoms with Gasteiger partial charge in [0.1, 0.15) is 41.1 Å². The fourth-order valence-corrected chi connectivity index (χ4v) is 13.2. The predicted molar refractivity (Wildman–Crippen MR) is 345 cm³/mol. The summed E-state index contributed by atoms with van der Waals surface area (Å²) in [7, 11) is 0. The first-order chi connectivity index (χ1) is 39.2. The van der Waals surface area contributed by atoms with Crippen LogP contribution in [0.15, 0.2) is 24.3 Å². The molecule has 0 aromatic heterocycles. The Morgan fingerprint density at radius 1 is 0.494 bits per heavy atom. The number of aliphatic carboxylic acids is 1. The summed E-state index contributed by atoms with van der Waals surface area (Å²) >= 11 is 1.43. The van der Waals surface area contributed by atoms with Crippen LogP contribution in [0.2, 0.25) is 0 Å². The van der Waals surface area contributed by atoms with Crippen LogP contribution in [-0.2, 0) is 67.9 Å². The van der Waals surface area contributed by atoms with Gasteiger partial charge < -0.3 is 39.7 Å². The largest absolute Gasteiger partial charge is 0.507 e. The molecular formula is C72H106O12S. The maximum atomic E-state index is 16.0. The van der Waals surface area contributed by atoms with E-state index in [9.17, 15) is 39.9 Å². The second kappa shape index (κ2) is 29.8. The first-order valence-corrected chi connectivity index (χ1v) is 32.0. The first-order valence-electron chi connectivity index (χ1n) is 30.9. The Labute approximate surface area is 514 Å². The van der Waals surface area contributed by atoms with Crippen LogP contribution in [0.4, 0.5) is 0 Å². The van der Waals surface area contributed by atoms with Crippen LogP contribution >= 0.6 is 11.8 Å². The van der Waals surface area contributed by atoms with Crippen LogP contribution in [0.5, 0.6) is 23.0 Å².